The Morgan fingerprint density at radius 3 is 2.29 bits per heavy atom. The highest BCUT2D eigenvalue weighted by molar-refractivity contribution is 8.14. The molecule has 0 aliphatic heterocycles. The third-order valence-corrected chi connectivity index (χ3v) is 2.86. The Morgan fingerprint density at radius 2 is 1.86 bits per heavy atom. The molecule has 0 saturated carbocycles. The fourth-order valence-corrected chi connectivity index (χ4v) is 1.86. The Labute approximate surface area is 89.9 Å². The Hall–Kier alpha value is -0.760. The first-order valence-corrected chi connectivity index (χ1v) is 5.81. The van der Waals surface area contributed by atoms with Crippen LogP contribution in [0.3, 0.4) is 0 Å². The number of rotatable bonds is 3. The van der Waals surface area contributed by atoms with Crippen LogP contribution in [0.25, 0.3) is 0 Å². The minimum atomic E-state index is 0.169. The lowest BCUT2D eigenvalue weighted by atomic mass is 10.1. The summed E-state index contributed by atoms with van der Waals surface area (Å²) in [6.45, 7) is 6.17. The van der Waals surface area contributed by atoms with Crippen molar-refractivity contribution in [2.24, 2.45) is 0 Å². The minimum Gasteiger partial charge on any atom is -0.282 e. The second kappa shape index (κ2) is 5.20. The first-order valence-electron chi connectivity index (χ1n) is 4.93. The molecule has 0 amide bonds. The van der Waals surface area contributed by atoms with Crippen LogP contribution in [-0.4, -0.2) is 10.4 Å². The van der Waals surface area contributed by atoms with Crippen molar-refractivity contribution in [2.45, 2.75) is 32.4 Å². The van der Waals surface area contributed by atoms with Crippen LogP contribution in [0.5, 0.6) is 0 Å². The highest BCUT2D eigenvalue weighted by atomic mass is 32.2. The van der Waals surface area contributed by atoms with Crippen LogP contribution in [0.15, 0.2) is 24.3 Å². The second-order valence-electron chi connectivity index (χ2n) is 3.50. The maximum atomic E-state index is 11.6. The lowest BCUT2D eigenvalue weighted by molar-refractivity contribution is 0.108. The van der Waals surface area contributed by atoms with Gasteiger partial charge in [-0.05, 0) is 12.0 Å². The van der Waals surface area contributed by atoms with Gasteiger partial charge in [0.15, 0.2) is 0 Å². The zero-order valence-electron chi connectivity index (χ0n) is 8.91. The van der Waals surface area contributed by atoms with E-state index in [0.29, 0.717) is 5.25 Å². The molecule has 1 aromatic carbocycles. The molecule has 0 saturated heterocycles. The normalized spacial score (nSPS) is 10.6. The lowest BCUT2D eigenvalue weighted by Crippen LogP contribution is -1.98. The van der Waals surface area contributed by atoms with Gasteiger partial charge in [0, 0.05) is 10.8 Å². The van der Waals surface area contributed by atoms with E-state index in [4.69, 9.17) is 0 Å². The van der Waals surface area contributed by atoms with Crippen molar-refractivity contribution in [1.82, 2.24) is 0 Å². The van der Waals surface area contributed by atoms with Gasteiger partial charge >= 0.3 is 0 Å². The number of hydrogen-bond donors (Lipinski definition) is 0. The van der Waals surface area contributed by atoms with Crippen LogP contribution in [0.2, 0.25) is 0 Å². The van der Waals surface area contributed by atoms with Crippen LogP contribution >= 0.6 is 11.8 Å². The van der Waals surface area contributed by atoms with Gasteiger partial charge < -0.3 is 0 Å². The molecule has 14 heavy (non-hydrogen) atoms. The van der Waals surface area contributed by atoms with Crippen LogP contribution in [0, 0.1) is 0 Å². The predicted molar refractivity (Wildman–Crippen MR) is 62.9 cm³/mol. The molecule has 0 radical (unpaired) electrons. The van der Waals surface area contributed by atoms with Crippen LogP contribution in [0.4, 0.5) is 0 Å². The van der Waals surface area contributed by atoms with Gasteiger partial charge in [-0.3, -0.25) is 4.79 Å². The molecule has 0 heterocycles. The number of benzene rings is 1. The zero-order chi connectivity index (χ0) is 10.6. The van der Waals surface area contributed by atoms with Gasteiger partial charge in [0.1, 0.15) is 0 Å². The van der Waals surface area contributed by atoms with Crippen molar-refractivity contribution in [3.63, 3.8) is 0 Å². The summed E-state index contributed by atoms with van der Waals surface area (Å²) in [5, 5.41) is 0.524. The Morgan fingerprint density at radius 1 is 1.29 bits per heavy atom. The molecule has 0 aliphatic rings. The highest BCUT2D eigenvalue weighted by Gasteiger charge is 2.07. The average molecular weight is 208 g/mol. The summed E-state index contributed by atoms with van der Waals surface area (Å²) < 4.78 is 0. The molecule has 0 atom stereocenters. The molecule has 0 N–H and O–H groups in total. The smallest absolute Gasteiger partial charge is 0.219 e. The van der Waals surface area contributed by atoms with E-state index < -0.39 is 0 Å². The Kier molecular flexibility index (Phi) is 4.21. The summed E-state index contributed by atoms with van der Waals surface area (Å²) in [6, 6.07) is 7.87. The maximum Gasteiger partial charge on any atom is 0.219 e. The molecule has 2 heteroatoms. The van der Waals surface area contributed by atoms with E-state index in [-0.39, 0.29) is 5.12 Å². The van der Waals surface area contributed by atoms with E-state index in [2.05, 4.69) is 6.92 Å². The molecule has 0 bridgehead atoms. The van der Waals surface area contributed by atoms with Crippen LogP contribution in [0.1, 0.15) is 36.7 Å². The van der Waals surface area contributed by atoms with Crippen molar-refractivity contribution in [1.29, 1.82) is 0 Å². The van der Waals surface area contributed by atoms with Crippen molar-refractivity contribution >= 4 is 16.9 Å². The van der Waals surface area contributed by atoms with Gasteiger partial charge in [-0.2, -0.15) is 0 Å². The van der Waals surface area contributed by atoms with E-state index in [1.165, 1.54) is 17.3 Å². The number of thioether (sulfide) groups is 1. The van der Waals surface area contributed by atoms with Crippen molar-refractivity contribution in [3.05, 3.63) is 35.4 Å². The standard InChI is InChI=1S/C12H16OS/c1-4-10-5-7-11(8-6-10)12(13)14-9(2)3/h5-9H,4H2,1-3H3. The van der Waals surface area contributed by atoms with Crippen LogP contribution in [-0.2, 0) is 6.42 Å². The fourth-order valence-electron chi connectivity index (χ4n) is 1.16. The van der Waals surface area contributed by atoms with E-state index in [1.807, 2.05) is 38.1 Å². The Bertz CT molecular complexity index is 301. The number of carbonyl (C=O) groups excluding carboxylic acids is 1. The molecule has 0 aliphatic carbocycles. The lowest BCUT2D eigenvalue weighted by Gasteiger charge is -2.04. The van der Waals surface area contributed by atoms with E-state index in [1.54, 1.807) is 0 Å². The quantitative estimate of drug-likeness (QED) is 0.756. The number of aryl methyl sites for hydroxylation is 1. The van der Waals surface area contributed by atoms with Gasteiger partial charge in [-0.15, -0.1) is 0 Å². The highest BCUT2D eigenvalue weighted by Crippen LogP contribution is 2.17. The molecule has 76 valence electrons. The summed E-state index contributed by atoms with van der Waals surface area (Å²) in [7, 11) is 0. The fraction of sp³-hybridized carbons (Fsp3) is 0.417. The summed E-state index contributed by atoms with van der Waals surface area (Å²) >= 11 is 1.38. The molecule has 0 fully saturated rings. The second-order valence-corrected chi connectivity index (χ2v) is 5.05. The molecule has 1 aromatic rings. The minimum absolute atomic E-state index is 0.169. The third-order valence-electron chi connectivity index (χ3n) is 1.94. The third kappa shape index (κ3) is 3.18. The van der Waals surface area contributed by atoms with Crippen molar-refractivity contribution in [2.75, 3.05) is 0 Å². The van der Waals surface area contributed by atoms with Crippen LogP contribution < -0.4 is 0 Å². The topological polar surface area (TPSA) is 17.1 Å². The predicted octanol–water partition coefficient (Wildman–Crippen LogP) is 3.53. The summed E-state index contributed by atoms with van der Waals surface area (Å²) in [6.07, 6.45) is 1.02. The SMILES string of the molecule is CCc1ccc(C(=O)SC(C)C)cc1. The summed E-state index contributed by atoms with van der Waals surface area (Å²) in [5.41, 5.74) is 2.08. The molecule has 1 rings (SSSR count). The van der Waals surface area contributed by atoms with E-state index in [0.717, 1.165) is 12.0 Å². The van der Waals surface area contributed by atoms with Gasteiger partial charge in [-0.25, -0.2) is 0 Å². The number of carbonyl (C=O) groups is 1. The Balaban J connectivity index is 2.71. The van der Waals surface area contributed by atoms with Gasteiger partial charge in [0.25, 0.3) is 0 Å². The van der Waals surface area contributed by atoms with Gasteiger partial charge in [0.05, 0.1) is 0 Å². The van der Waals surface area contributed by atoms with E-state index in [9.17, 15) is 4.79 Å². The van der Waals surface area contributed by atoms with Crippen molar-refractivity contribution in [3.8, 4) is 0 Å². The monoisotopic (exact) mass is 208 g/mol. The summed E-state index contributed by atoms with van der Waals surface area (Å²) in [5.74, 6) is 0. The van der Waals surface area contributed by atoms with Gasteiger partial charge in [-0.1, -0.05) is 56.8 Å². The summed E-state index contributed by atoms with van der Waals surface area (Å²) in [4.78, 5) is 11.6. The first-order chi connectivity index (χ1) is 6.63. The maximum absolute atomic E-state index is 11.6. The van der Waals surface area contributed by atoms with Gasteiger partial charge in [0.2, 0.25) is 5.12 Å². The first kappa shape index (κ1) is 11.3. The average Bonchev–Trinajstić information content (AvgIpc) is 2.17. The molecule has 0 spiro atoms. The number of hydrogen-bond acceptors (Lipinski definition) is 2. The molecule has 0 aromatic heterocycles. The largest absolute Gasteiger partial charge is 0.282 e. The molecular weight excluding hydrogens is 192 g/mol. The molecule has 1 nitrogen and oxygen atoms in total. The van der Waals surface area contributed by atoms with E-state index >= 15 is 0 Å². The molecular formula is C12H16OS. The zero-order valence-corrected chi connectivity index (χ0v) is 9.73. The molecule has 0 unspecified atom stereocenters. The van der Waals surface area contributed by atoms with Crippen molar-refractivity contribution < 1.29 is 4.79 Å².